The molecule has 0 radical (unpaired) electrons. The molecule has 554 valence electrons. The first-order valence-corrected chi connectivity index (χ1v) is 43.4. The fourth-order valence-electron chi connectivity index (χ4n) is 14.2. The van der Waals surface area contributed by atoms with Gasteiger partial charge in [0.2, 0.25) is 5.91 Å². The highest BCUT2D eigenvalue weighted by atomic mass is 16.5. The van der Waals surface area contributed by atoms with Crippen LogP contribution in [0.3, 0.4) is 0 Å². The van der Waals surface area contributed by atoms with Crippen molar-refractivity contribution in [3.05, 3.63) is 12.2 Å². The number of aliphatic hydroxyl groups is 2. The average molecular weight is 1310 g/mol. The maximum atomic E-state index is 12.6. The van der Waals surface area contributed by atoms with Crippen LogP contribution in [0.4, 0.5) is 0 Å². The Hall–Kier alpha value is -1.40. The van der Waals surface area contributed by atoms with Crippen molar-refractivity contribution in [1.82, 2.24) is 5.32 Å². The quantitative estimate of drug-likeness (QED) is 0.0320. The summed E-state index contributed by atoms with van der Waals surface area (Å²) in [4.78, 5) is 24.7. The second-order valence-electron chi connectivity index (χ2n) is 30.2. The number of esters is 1. The van der Waals surface area contributed by atoms with E-state index in [1.54, 1.807) is 0 Å². The SMILES string of the molecule is CCCCCCCCCCCCCCCCCCCCCCCCCCCC(O)C(CO)NC(=O)CCCCCCCCCCCCCCCCCC/C=C\CCCCCCCCCCCCCCOC(=O)CCCCCCCCCCCCCCCCCCCCC. The summed E-state index contributed by atoms with van der Waals surface area (Å²) in [5.74, 6) is -0.000881. The number of nitrogens with one attached hydrogen (secondary N) is 1. The topological polar surface area (TPSA) is 95.9 Å². The third-order valence-electron chi connectivity index (χ3n) is 20.8. The molecule has 93 heavy (non-hydrogen) atoms. The Labute approximate surface area is 584 Å². The number of carbonyl (C=O) groups excluding carboxylic acids is 2. The molecule has 0 saturated carbocycles. The van der Waals surface area contributed by atoms with Gasteiger partial charge in [-0.1, -0.05) is 456 Å². The van der Waals surface area contributed by atoms with E-state index in [1.807, 2.05) is 0 Å². The maximum absolute atomic E-state index is 12.6. The molecule has 0 aromatic heterocycles. The lowest BCUT2D eigenvalue weighted by atomic mass is 10.0. The standard InChI is InChI=1S/C87H171NO5/c1-3-5-7-9-11-13-15-17-19-21-23-24-25-34-37-40-44-47-51-55-59-63-67-71-75-79-85(90)84(83-89)88-86(91)80-76-72-68-64-60-56-52-48-45-41-38-35-32-30-28-26-27-29-31-33-36-39-42-46-50-54-58-62-66-70-74-78-82-93-87(92)81-77-73-69-65-61-57-53-49-43-22-20-18-16-14-12-10-8-6-4-2/h29,31,84-85,89-90H,3-28,30,32-83H2,1-2H3,(H,88,91)/b31-29-. The van der Waals surface area contributed by atoms with Crippen LogP contribution in [0.25, 0.3) is 0 Å². The Kier molecular flexibility index (Phi) is 81.8. The summed E-state index contributed by atoms with van der Waals surface area (Å²) in [6.45, 7) is 5.03. The van der Waals surface area contributed by atoms with Gasteiger partial charge in [0.25, 0.3) is 0 Å². The summed E-state index contributed by atoms with van der Waals surface area (Å²) in [7, 11) is 0. The van der Waals surface area contributed by atoms with Gasteiger partial charge in [-0.05, 0) is 51.4 Å². The molecule has 1 amide bonds. The van der Waals surface area contributed by atoms with Gasteiger partial charge in [-0.3, -0.25) is 9.59 Å². The maximum Gasteiger partial charge on any atom is 0.305 e. The molecule has 0 aliphatic carbocycles. The molecule has 0 heterocycles. The van der Waals surface area contributed by atoms with Gasteiger partial charge >= 0.3 is 5.97 Å². The van der Waals surface area contributed by atoms with Gasteiger partial charge < -0.3 is 20.3 Å². The number of allylic oxidation sites excluding steroid dienone is 2. The molecule has 6 nitrogen and oxygen atoms in total. The lowest BCUT2D eigenvalue weighted by molar-refractivity contribution is -0.143. The lowest BCUT2D eigenvalue weighted by Gasteiger charge is -2.22. The third kappa shape index (κ3) is 79.5. The fourth-order valence-corrected chi connectivity index (χ4v) is 14.2. The number of rotatable bonds is 83. The van der Waals surface area contributed by atoms with Crippen LogP contribution in [-0.4, -0.2) is 47.4 Å². The molecule has 2 atom stereocenters. The van der Waals surface area contributed by atoms with Crippen LogP contribution in [0.1, 0.15) is 508 Å². The third-order valence-corrected chi connectivity index (χ3v) is 20.8. The summed E-state index contributed by atoms with van der Waals surface area (Å²) in [5, 5.41) is 23.5. The number of hydrogen-bond donors (Lipinski definition) is 3. The zero-order valence-electron chi connectivity index (χ0n) is 63.8. The molecule has 0 bridgehead atoms. The van der Waals surface area contributed by atoms with Gasteiger partial charge in [0.05, 0.1) is 25.4 Å². The molecule has 3 N–H and O–H groups in total. The first-order valence-electron chi connectivity index (χ1n) is 43.4. The molecule has 0 fully saturated rings. The Bertz CT molecular complexity index is 1420. The molecule has 2 unspecified atom stereocenters. The lowest BCUT2D eigenvalue weighted by Crippen LogP contribution is -2.45. The van der Waals surface area contributed by atoms with Crippen molar-refractivity contribution >= 4 is 11.9 Å². The van der Waals surface area contributed by atoms with Crippen molar-refractivity contribution in [3.63, 3.8) is 0 Å². The fraction of sp³-hybridized carbons (Fsp3) is 0.954. The Morgan fingerprint density at radius 1 is 0.290 bits per heavy atom. The van der Waals surface area contributed by atoms with E-state index in [0.717, 1.165) is 38.5 Å². The van der Waals surface area contributed by atoms with Gasteiger partial charge in [-0.15, -0.1) is 0 Å². The Morgan fingerprint density at radius 2 is 0.505 bits per heavy atom. The highest BCUT2D eigenvalue weighted by molar-refractivity contribution is 5.76. The van der Waals surface area contributed by atoms with Crippen molar-refractivity contribution in [2.45, 2.75) is 520 Å². The molecule has 6 heteroatoms. The van der Waals surface area contributed by atoms with Crippen LogP contribution >= 0.6 is 0 Å². The van der Waals surface area contributed by atoms with Crippen LogP contribution in [0.2, 0.25) is 0 Å². The van der Waals surface area contributed by atoms with Crippen molar-refractivity contribution in [1.29, 1.82) is 0 Å². The minimum atomic E-state index is -0.664. The first-order chi connectivity index (χ1) is 46.0. The minimum absolute atomic E-state index is 0.0247. The molecule has 0 aliphatic rings. The Morgan fingerprint density at radius 3 is 0.763 bits per heavy atom. The summed E-state index contributed by atoms with van der Waals surface area (Å²) in [5.41, 5.74) is 0. The predicted octanol–water partition coefficient (Wildman–Crippen LogP) is 29.0. The van der Waals surface area contributed by atoms with E-state index in [9.17, 15) is 19.8 Å². The second-order valence-corrected chi connectivity index (χ2v) is 30.2. The van der Waals surface area contributed by atoms with Crippen molar-refractivity contribution in [3.8, 4) is 0 Å². The molecular formula is C87H171NO5. The second kappa shape index (κ2) is 83.0. The first kappa shape index (κ1) is 91.6. The summed E-state index contributed by atoms with van der Waals surface area (Å²) >= 11 is 0. The predicted molar refractivity (Wildman–Crippen MR) is 412 cm³/mol. The summed E-state index contributed by atoms with van der Waals surface area (Å²) in [6, 6.07) is -0.541. The molecule has 0 aliphatic heterocycles. The van der Waals surface area contributed by atoms with Crippen LogP contribution in [0.5, 0.6) is 0 Å². The van der Waals surface area contributed by atoms with Gasteiger partial charge in [-0.2, -0.15) is 0 Å². The highest BCUT2D eigenvalue weighted by Gasteiger charge is 2.20. The Balaban J connectivity index is 3.34. The van der Waals surface area contributed by atoms with Crippen LogP contribution in [0.15, 0.2) is 12.2 Å². The van der Waals surface area contributed by atoms with Gasteiger partial charge in [0.1, 0.15) is 0 Å². The van der Waals surface area contributed by atoms with Crippen LogP contribution in [0, 0.1) is 0 Å². The molecule has 0 spiro atoms. The number of ether oxygens (including phenoxy) is 1. The molecule has 0 aromatic rings. The van der Waals surface area contributed by atoms with Crippen LogP contribution in [-0.2, 0) is 14.3 Å². The van der Waals surface area contributed by atoms with E-state index < -0.39 is 12.1 Å². The van der Waals surface area contributed by atoms with E-state index in [0.29, 0.717) is 25.9 Å². The smallest absolute Gasteiger partial charge is 0.305 e. The number of unbranched alkanes of at least 4 members (excludes halogenated alkanes) is 70. The average Bonchev–Trinajstić information content (AvgIpc) is 3.78. The van der Waals surface area contributed by atoms with Gasteiger partial charge in [0.15, 0.2) is 0 Å². The number of amides is 1. The number of carbonyl (C=O) groups is 2. The number of hydrogen-bond acceptors (Lipinski definition) is 5. The minimum Gasteiger partial charge on any atom is -0.466 e. The van der Waals surface area contributed by atoms with Crippen LogP contribution < -0.4 is 5.32 Å². The molecular weight excluding hydrogens is 1140 g/mol. The highest BCUT2D eigenvalue weighted by Crippen LogP contribution is 2.21. The van der Waals surface area contributed by atoms with E-state index in [2.05, 4.69) is 31.3 Å². The van der Waals surface area contributed by atoms with E-state index in [1.165, 1.54) is 437 Å². The van der Waals surface area contributed by atoms with Crippen molar-refractivity contribution in [2.24, 2.45) is 0 Å². The van der Waals surface area contributed by atoms with E-state index >= 15 is 0 Å². The van der Waals surface area contributed by atoms with E-state index in [-0.39, 0.29) is 18.5 Å². The number of aliphatic hydroxyl groups excluding tert-OH is 2. The van der Waals surface area contributed by atoms with Gasteiger partial charge in [0, 0.05) is 12.8 Å². The van der Waals surface area contributed by atoms with E-state index in [4.69, 9.17) is 4.74 Å². The van der Waals surface area contributed by atoms with Crippen molar-refractivity contribution in [2.75, 3.05) is 13.2 Å². The van der Waals surface area contributed by atoms with Gasteiger partial charge in [-0.25, -0.2) is 0 Å². The zero-order chi connectivity index (χ0) is 67.0. The summed E-state index contributed by atoms with van der Waals surface area (Å²) < 4.78 is 5.52. The zero-order valence-corrected chi connectivity index (χ0v) is 63.8. The molecule has 0 rings (SSSR count). The molecule has 0 saturated heterocycles. The monoisotopic (exact) mass is 1310 g/mol. The molecule has 0 aromatic carbocycles. The van der Waals surface area contributed by atoms with Crippen molar-refractivity contribution < 1.29 is 24.5 Å². The largest absolute Gasteiger partial charge is 0.466 e. The summed E-state index contributed by atoms with van der Waals surface area (Å²) in [6.07, 6.45) is 106. The normalized spacial score (nSPS) is 12.4.